The number of benzene rings is 5. The van der Waals surface area contributed by atoms with Crippen molar-refractivity contribution in [1.82, 2.24) is 9.55 Å². The summed E-state index contributed by atoms with van der Waals surface area (Å²) in [5.41, 5.74) is 5.08. The summed E-state index contributed by atoms with van der Waals surface area (Å²) in [5.74, 6) is 0.374. The largest absolute Gasteiger partial charge is 0.315 e. The van der Waals surface area contributed by atoms with Crippen molar-refractivity contribution < 1.29 is 4.79 Å². The Kier molecular flexibility index (Phi) is 9.51. The van der Waals surface area contributed by atoms with Gasteiger partial charge in [0.15, 0.2) is 11.5 Å². The summed E-state index contributed by atoms with van der Waals surface area (Å²) in [7, 11) is 0. The van der Waals surface area contributed by atoms with E-state index >= 15 is 0 Å². The first-order valence-electron chi connectivity index (χ1n) is 17.7. The number of aromatic nitrogens is 2. The van der Waals surface area contributed by atoms with Crippen molar-refractivity contribution in [3.63, 3.8) is 0 Å². The highest BCUT2D eigenvalue weighted by molar-refractivity contribution is 5.97. The Morgan fingerprint density at radius 1 is 0.750 bits per heavy atom. The number of nitriles is 1. The van der Waals surface area contributed by atoms with E-state index in [1.54, 1.807) is 0 Å². The maximum absolute atomic E-state index is 13.0. The molecule has 8 nitrogen and oxygen atoms in total. The van der Waals surface area contributed by atoms with Gasteiger partial charge in [-0.3, -0.25) is 4.79 Å². The molecule has 0 saturated heterocycles. The van der Waals surface area contributed by atoms with Gasteiger partial charge in [-0.1, -0.05) is 160 Å². The maximum Gasteiger partial charge on any atom is 0.238 e. The first-order valence-corrected chi connectivity index (χ1v) is 17.7. The summed E-state index contributed by atoms with van der Waals surface area (Å²) in [4.78, 5) is 17.7. The quantitative estimate of drug-likeness (QED) is 0.0947. The van der Waals surface area contributed by atoms with E-state index in [2.05, 4.69) is 101 Å². The van der Waals surface area contributed by atoms with Crippen LogP contribution in [-0.2, 0) is 24.0 Å². The molecular formula is C44H39N7O. The summed E-state index contributed by atoms with van der Waals surface area (Å²) >= 11 is 0. The van der Waals surface area contributed by atoms with Crippen molar-refractivity contribution in [1.29, 1.82) is 5.26 Å². The lowest BCUT2D eigenvalue weighted by Gasteiger charge is -2.45. The molecule has 0 spiro atoms. The Labute approximate surface area is 304 Å². The van der Waals surface area contributed by atoms with E-state index in [-0.39, 0.29) is 17.4 Å². The summed E-state index contributed by atoms with van der Waals surface area (Å²) in [6, 6.07) is 49.8. The third-order valence-corrected chi connectivity index (χ3v) is 9.85. The van der Waals surface area contributed by atoms with Crippen molar-refractivity contribution in [2.45, 2.75) is 51.2 Å². The van der Waals surface area contributed by atoms with Gasteiger partial charge in [-0.05, 0) is 50.2 Å². The monoisotopic (exact) mass is 681 g/mol. The third kappa shape index (κ3) is 5.74. The molecule has 0 radical (unpaired) electrons. The van der Waals surface area contributed by atoms with E-state index in [1.165, 1.54) is 0 Å². The van der Waals surface area contributed by atoms with Crippen molar-refractivity contribution in [2.24, 2.45) is 26.6 Å². The molecule has 52 heavy (non-hydrogen) atoms. The second-order valence-corrected chi connectivity index (χ2v) is 13.3. The van der Waals surface area contributed by atoms with Crippen LogP contribution in [0.1, 0.15) is 77.0 Å². The van der Waals surface area contributed by atoms with Gasteiger partial charge < -0.3 is 4.57 Å². The summed E-state index contributed by atoms with van der Waals surface area (Å²) in [5, 5.41) is 28.6. The molecule has 8 heteroatoms. The van der Waals surface area contributed by atoms with Gasteiger partial charge in [-0.15, -0.1) is 10.2 Å². The minimum absolute atomic E-state index is 0.118. The molecule has 0 amide bonds. The Balaban J connectivity index is 1.38. The number of aryl methyl sites for hydroxylation is 1. The minimum atomic E-state index is -1.31. The molecule has 5 aromatic carbocycles. The zero-order valence-electron chi connectivity index (χ0n) is 29.5. The van der Waals surface area contributed by atoms with Gasteiger partial charge in [0.2, 0.25) is 5.66 Å². The molecule has 0 fully saturated rings. The van der Waals surface area contributed by atoms with Crippen molar-refractivity contribution in [3.05, 3.63) is 185 Å². The Morgan fingerprint density at radius 3 is 1.77 bits per heavy atom. The number of ketones is 1. The lowest BCUT2D eigenvalue weighted by molar-refractivity contribution is 0.0934. The predicted molar refractivity (Wildman–Crippen MR) is 202 cm³/mol. The SMILES string of the molecule is CCCc1nc(C(=O)C(C)C)c(C#N)n1Cc1ccc(-c2ccccc2C2(C(c3ccccc3)(c3ccccc3)c3ccccc3)N=NN=N2)cc1. The van der Waals surface area contributed by atoms with Crippen LogP contribution in [0.25, 0.3) is 11.1 Å². The van der Waals surface area contributed by atoms with Crippen molar-refractivity contribution in [2.75, 3.05) is 0 Å². The molecule has 2 heterocycles. The maximum atomic E-state index is 13.0. The molecule has 0 N–H and O–H groups in total. The lowest BCUT2D eigenvalue weighted by atomic mass is 9.59. The first-order chi connectivity index (χ1) is 25.4. The van der Waals surface area contributed by atoms with Gasteiger partial charge in [-0.25, -0.2) is 4.98 Å². The smallest absolute Gasteiger partial charge is 0.238 e. The fourth-order valence-corrected chi connectivity index (χ4v) is 7.47. The predicted octanol–water partition coefficient (Wildman–Crippen LogP) is 10.3. The molecule has 0 saturated carbocycles. The highest BCUT2D eigenvalue weighted by atomic mass is 16.1. The van der Waals surface area contributed by atoms with Crippen LogP contribution >= 0.6 is 0 Å². The highest BCUT2D eigenvalue weighted by Gasteiger charge is 2.60. The average molecular weight is 682 g/mol. The van der Waals surface area contributed by atoms with Gasteiger partial charge in [0.25, 0.3) is 0 Å². The van der Waals surface area contributed by atoms with Gasteiger partial charge in [-0.2, -0.15) is 5.26 Å². The van der Waals surface area contributed by atoms with Crippen LogP contribution in [0.2, 0.25) is 0 Å². The number of hydrogen-bond donors (Lipinski definition) is 0. The average Bonchev–Trinajstić information content (AvgIpc) is 3.82. The van der Waals surface area contributed by atoms with Crippen LogP contribution in [-0.4, -0.2) is 15.3 Å². The number of nitrogens with zero attached hydrogens (tertiary/aromatic N) is 7. The molecule has 7 rings (SSSR count). The van der Waals surface area contributed by atoms with Crippen LogP contribution in [0.5, 0.6) is 0 Å². The molecular weight excluding hydrogens is 643 g/mol. The number of carbonyl (C=O) groups is 1. The van der Waals surface area contributed by atoms with Gasteiger partial charge >= 0.3 is 0 Å². The van der Waals surface area contributed by atoms with Crippen LogP contribution in [0, 0.1) is 17.2 Å². The fourth-order valence-electron chi connectivity index (χ4n) is 7.47. The second kappa shape index (κ2) is 14.5. The molecule has 256 valence electrons. The number of imidazole rings is 1. The van der Waals surface area contributed by atoms with E-state index in [0.717, 1.165) is 51.2 Å². The summed E-state index contributed by atoms with van der Waals surface area (Å²) in [6.07, 6.45) is 1.52. The van der Waals surface area contributed by atoms with Crippen LogP contribution in [0.15, 0.2) is 160 Å². The van der Waals surface area contributed by atoms with Gasteiger partial charge in [0, 0.05) is 17.9 Å². The van der Waals surface area contributed by atoms with E-state index in [0.29, 0.717) is 18.7 Å². The fraction of sp³-hybridized carbons (Fsp3) is 0.205. The van der Waals surface area contributed by atoms with Crippen LogP contribution in [0.3, 0.4) is 0 Å². The Morgan fingerprint density at radius 2 is 1.27 bits per heavy atom. The van der Waals surface area contributed by atoms with Crippen molar-refractivity contribution in [3.8, 4) is 17.2 Å². The molecule has 0 unspecified atom stereocenters. The number of carbonyl (C=O) groups excluding carboxylic acids is 1. The molecule has 0 atom stereocenters. The Bertz CT molecular complexity index is 2180. The van der Waals surface area contributed by atoms with Crippen molar-refractivity contribution >= 4 is 5.78 Å². The van der Waals surface area contributed by atoms with Crippen LogP contribution < -0.4 is 0 Å². The molecule has 1 aromatic heterocycles. The first kappa shape index (κ1) is 34.1. The normalized spacial score (nSPS) is 13.4. The topological polar surface area (TPSA) is 108 Å². The molecule has 0 aliphatic carbocycles. The standard InChI is InChI=1S/C44H39N7O/c1-4-16-40-46-41(42(52)31(2)3)39(29-45)51(40)30-32-25-27-33(28-26-32)37-23-14-15-24-38(37)44(47-49-50-48-44)43(34-17-8-5-9-18-34,35-19-10-6-11-20-35)36-21-12-7-13-22-36/h5-15,17-28,31H,4,16,30H2,1-3H3. The zero-order valence-corrected chi connectivity index (χ0v) is 29.5. The molecule has 6 aromatic rings. The zero-order chi connectivity index (χ0) is 36.1. The molecule has 1 aliphatic heterocycles. The van der Waals surface area contributed by atoms with Crippen LogP contribution in [0.4, 0.5) is 0 Å². The molecule has 1 aliphatic rings. The summed E-state index contributed by atoms with van der Waals surface area (Å²) in [6.45, 7) is 6.16. The third-order valence-electron chi connectivity index (χ3n) is 9.85. The number of rotatable bonds is 12. The molecule has 0 bridgehead atoms. The van der Waals surface area contributed by atoms with E-state index in [4.69, 9.17) is 10.2 Å². The van der Waals surface area contributed by atoms with E-state index in [1.807, 2.05) is 85.1 Å². The highest BCUT2D eigenvalue weighted by Crippen LogP contribution is 2.58. The second-order valence-electron chi connectivity index (χ2n) is 13.3. The minimum Gasteiger partial charge on any atom is -0.315 e. The summed E-state index contributed by atoms with van der Waals surface area (Å²) < 4.78 is 1.89. The number of hydrogen-bond acceptors (Lipinski definition) is 7. The van der Waals surface area contributed by atoms with Gasteiger partial charge in [0.1, 0.15) is 17.6 Å². The van der Waals surface area contributed by atoms with E-state index < -0.39 is 11.1 Å². The number of Topliss-reactive ketones (excluding diaryl/α,β-unsaturated/α-hetero) is 1. The Hall–Kier alpha value is -6.33. The van der Waals surface area contributed by atoms with E-state index in [9.17, 15) is 10.1 Å². The van der Waals surface area contributed by atoms with Gasteiger partial charge in [0.05, 0.1) is 12.0 Å². The lowest BCUT2D eigenvalue weighted by Crippen LogP contribution is -2.48.